The number of nitrogens with zero attached hydrogens (tertiary/aromatic N) is 1. The Morgan fingerprint density at radius 1 is 1.50 bits per heavy atom. The second kappa shape index (κ2) is 7.13. The minimum absolute atomic E-state index is 0.249. The molecule has 1 unspecified atom stereocenters. The molecule has 0 saturated carbocycles. The van der Waals surface area contributed by atoms with Crippen LogP contribution in [0.25, 0.3) is 0 Å². The van der Waals surface area contributed by atoms with Crippen molar-refractivity contribution >= 4 is 5.91 Å². The number of nitrogens with one attached hydrogen (secondary N) is 1. The number of amides is 1. The number of hydrazine groups is 1. The molecule has 0 heterocycles. The van der Waals surface area contributed by atoms with Crippen molar-refractivity contribution in [2.45, 2.75) is 39.3 Å². The molecule has 4 heteroatoms. The molecule has 0 aromatic heterocycles. The summed E-state index contributed by atoms with van der Waals surface area (Å²) in [7, 11) is 2.11. The highest BCUT2D eigenvalue weighted by atomic mass is 16.2. The molecule has 0 aliphatic heterocycles. The predicted octanol–water partition coefficient (Wildman–Crippen LogP) is 1.91. The maximum Gasteiger partial charge on any atom is 0.265 e. The van der Waals surface area contributed by atoms with Crippen LogP contribution < -0.4 is 11.3 Å². The number of nitrogen functional groups attached to an aromatic ring is 1. The van der Waals surface area contributed by atoms with E-state index in [2.05, 4.69) is 31.2 Å². The summed E-state index contributed by atoms with van der Waals surface area (Å²) in [5, 5.41) is 0. The summed E-state index contributed by atoms with van der Waals surface area (Å²) in [6.07, 6.45) is 2.36. The molecule has 1 aromatic rings. The fourth-order valence-corrected chi connectivity index (χ4v) is 1.98. The zero-order valence-electron chi connectivity index (χ0n) is 11.4. The average molecular weight is 249 g/mol. The van der Waals surface area contributed by atoms with Gasteiger partial charge in [0.25, 0.3) is 5.91 Å². The van der Waals surface area contributed by atoms with Gasteiger partial charge in [0.15, 0.2) is 0 Å². The van der Waals surface area contributed by atoms with Gasteiger partial charge in [-0.2, -0.15) is 0 Å². The van der Waals surface area contributed by atoms with E-state index >= 15 is 0 Å². The molecule has 4 nitrogen and oxygen atoms in total. The van der Waals surface area contributed by atoms with Gasteiger partial charge in [-0.25, -0.2) is 5.84 Å². The number of hydrogen-bond acceptors (Lipinski definition) is 3. The Kier molecular flexibility index (Phi) is 5.82. The second-order valence-corrected chi connectivity index (χ2v) is 4.73. The van der Waals surface area contributed by atoms with Crippen LogP contribution >= 0.6 is 0 Å². The van der Waals surface area contributed by atoms with Gasteiger partial charge in [-0.05, 0) is 38.1 Å². The van der Waals surface area contributed by atoms with Crippen LogP contribution in [0.5, 0.6) is 0 Å². The molecule has 0 radical (unpaired) electrons. The van der Waals surface area contributed by atoms with Crippen LogP contribution in [-0.2, 0) is 6.54 Å². The van der Waals surface area contributed by atoms with Gasteiger partial charge in [-0.1, -0.05) is 25.5 Å². The topological polar surface area (TPSA) is 58.4 Å². The van der Waals surface area contributed by atoms with Crippen LogP contribution in [0, 0.1) is 0 Å². The van der Waals surface area contributed by atoms with Crippen LogP contribution in [0.15, 0.2) is 24.3 Å². The quantitative estimate of drug-likeness (QED) is 0.460. The van der Waals surface area contributed by atoms with Crippen LogP contribution in [0.3, 0.4) is 0 Å². The van der Waals surface area contributed by atoms with Crippen LogP contribution in [0.4, 0.5) is 0 Å². The van der Waals surface area contributed by atoms with Gasteiger partial charge in [-0.15, -0.1) is 0 Å². The number of rotatable bonds is 6. The maximum atomic E-state index is 11.4. The molecule has 1 rings (SSSR count). The van der Waals surface area contributed by atoms with Crippen molar-refractivity contribution < 1.29 is 4.79 Å². The minimum Gasteiger partial charge on any atom is -0.299 e. The van der Waals surface area contributed by atoms with E-state index in [1.165, 1.54) is 12.8 Å². The molecule has 18 heavy (non-hydrogen) atoms. The fourth-order valence-electron chi connectivity index (χ4n) is 1.98. The second-order valence-electron chi connectivity index (χ2n) is 4.73. The van der Waals surface area contributed by atoms with Gasteiger partial charge in [0, 0.05) is 18.2 Å². The van der Waals surface area contributed by atoms with Crippen molar-refractivity contribution in [1.29, 1.82) is 0 Å². The Labute approximate surface area is 109 Å². The Hall–Kier alpha value is -1.39. The fraction of sp³-hybridized carbons (Fsp3) is 0.500. The highest BCUT2D eigenvalue weighted by Gasteiger charge is 2.10. The molecule has 0 bridgehead atoms. The Balaban J connectivity index is 2.70. The lowest BCUT2D eigenvalue weighted by atomic mass is 10.1. The number of nitrogens with two attached hydrogens (primary N) is 1. The lowest BCUT2D eigenvalue weighted by Crippen LogP contribution is -2.30. The summed E-state index contributed by atoms with van der Waals surface area (Å²) in [6, 6.07) is 8.11. The first-order valence-corrected chi connectivity index (χ1v) is 6.38. The van der Waals surface area contributed by atoms with Crippen molar-refractivity contribution in [3.63, 3.8) is 0 Å². The molecule has 100 valence electrons. The van der Waals surface area contributed by atoms with E-state index in [4.69, 9.17) is 5.84 Å². The Morgan fingerprint density at radius 2 is 2.22 bits per heavy atom. The molecular formula is C14H23N3O. The Bertz CT molecular complexity index is 392. The lowest BCUT2D eigenvalue weighted by Gasteiger charge is -2.24. The van der Waals surface area contributed by atoms with E-state index in [-0.39, 0.29) is 5.91 Å². The summed E-state index contributed by atoms with van der Waals surface area (Å²) < 4.78 is 0. The largest absolute Gasteiger partial charge is 0.299 e. The zero-order chi connectivity index (χ0) is 13.5. The summed E-state index contributed by atoms with van der Waals surface area (Å²) in [4.78, 5) is 13.7. The molecule has 0 fully saturated rings. The van der Waals surface area contributed by atoms with Crippen molar-refractivity contribution in [2.75, 3.05) is 7.05 Å². The molecule has 0 aliphatic carbocycles. The van der Waals surface area contributed by atoms with Crippen molar-refractivity contribution in [3.8, 4) is 0 Å². The molecule has 1 amide bonds. The van der Waals surface area contributed by atoms with Crippen LogP contribution in [-0.4, -0.2) is 23.9 Å². The highest BCUT2D eigenvalue weighted by Crippen LogP contribution is 2.11. The van der Waals surface area contributed by atoms with E-state index in [1.807, 2.05) is 18.2 Å². The number of carbonyl (C=O) groups is 1. The predicted molar refractivity (Wildman–Crippen MR) is 73.9 cm³/mol. The van der Waals surface area contributed by atoms with Crippen molar-refractivity contribution in [2.24, 2.45) is 5.84 Å². The summed E-state index contributed by atoms with van der Waals surface area (Å²) in [5.41, 5.74) is 3.88. The van der Waals surface area contributed by atoms with Gasteiger partial charge in [-0.3, -0.25) is 15.1 Å². The first-order valence-electron chi connectivity index (χ1n) is 6.38. The van der Waals surface area contributed by atoms with E-state index in [0.717, 1.165) is 12.1 Å². The van der Waals surface area contributed by atoms with E-state index in [1.54, 1.807) is 6.07 Å². The average Bonchev–Trinajstić information content (AvgIpc) is 2.38. The Morgan fingerprint density at radius 3 is 2.83 bits per heavy atom. The van der Waals surface area contributed by atoms with Gasteiger partial charge < -0.3 is 0 Å². The first-order chi connectivity index (χ1) is 8.58. The standard InChI is InChI=1S/C14H23N3O/c1-4-6-11(2)17(3)10-12-7-5-8-13(9-12)14(18)16-15/h5,7-9,11H,4,6,10,15H2,1-3H3,(H,16,18). The molecule has 1 aromatic carbocycles. The minimum atomic E-state index is -0.249. The van der Waals surface area contributed by atoms with Crippen molar-refractivity contribution in [3.05, 3.63) is 35.4 Å². The summed E-state index contributed by atoms with van der Waals surface area (Å²) in [6.45, 7) is 5.25. The van der Waals surface area contributed by atoms with E-state index in [0.29, 0.717) is 11.6 Å². The van der Waals surface area contributed by atoms with E-state index < -0.39 is 0 Å². The van der Waals surface area contributed by atoms with Gasteiger partial charge >= 0.3 is 0 Å². The van der Waals surface area contributed by atoms with Crippen LogP contribution in [0.2, 0.25) is 0 Å². The number of carbonyl (C=O) groups excluding carboxylic acids is 1. The lowest BCUT2D eigenvalue weighted by molar-refractivity contribution is 0.0953. The maximum absolute atomic E-state index is 11.4. The molecule has 1 atom stereocenters. The molecule has 0 aliphatic rings. The van der Waals surface area contributed by atoms with Gasteiger partial charge in [0.1, 0.15) is 0 Å². The normalized spacial score (nSPS) is 12.5. The molecular weight excluding hydrogens is 226 g/mol. The highest BCUT2D eigenvalue weighted by molar-refractivity contribution is 5.93. The van der Waals surface area contributed by atoms with Crippen LogP contribution in [0.1, 0.15) is 42.6 Å². The number of benzene rings is 1. The molecule has 0 saturated heterocycles. The summed E-state index contributed by atoms with van der Waals surface area (Å²) in [5.74, 6) is 4.88. The smallest absolute Gasteiger partial charge is 0.265 e. The van der Waals surface area contributed by atoms with Gasteiger partial charge in [0.2, 0.25) is 0 Å². The first kappa shape index (κ1) is 14.7. The van der Waals surface area contributed by atoms with E-state index in [9.17, 15) is 4.79 Å². The zero-order valence-corrected chi connectivity index (χ0v) is 11.4. The third-order valence-corrected chi connectivity index (χ3v) is 3.21. The number of hydrogen-bond donors (Lipinski definition) is 2. The molecule has 3 N–H and O–H groups in total. The monoisotopic (exact) mass is 249 g/mol. The van der Waals surface area contributed by atoms with Crippen molar-refractivity contribution in [1.82, 2.24) is 10.3 Å². The molecule has 0 spiro atoms. The third-order valence-electron chi connectivity index (χ3n) is 3.21. The van der Waals surface area contributed by atoms with Gasteiger partial charge in [0.05, 0.1) is 0 Å². The summed E-state index contributed by atoms with van der Waals surface area (Å²) >= 11 is 0. The SMILES string of the molecule is CCCC(C)N(C)Cc1cccc(C(=O)NN)c1. The third kappa shape index (κ3) is 4.13.